The second kappa shape index (κ2) is 18.1. The first kappa shape index (κ1) is 36.5. The van der Waals surface area contributed by atoms with Crippen LogP contribution in [0.25, 0.3) is 0 Å². The van der Waals surface area contributed by atoms with E-state index in [2.05, 4.69) is 26.3 Å². The van der Waals surface area contributed by atoms with Gasteiger partial charge in [-0.25, -0.2) is 4.79 Å². The fourth-order valence-electron chi connectivity index (χ4n) is 4.26. The smallest absolute Gasteiger partial charge is 0.326 e. The minimum absolute atomic E-state index is 0.0423. The number of carboxylic acids is 2. The van der Waals surface area contributed by atoms with Gasteiger partial charge in [0.25, 0.3) is 0 Å². The summed E-state index contributed by atoms with van der Waals surface area (Å²) in [5.41, 5.74) is 16.0. The van der Waals surface area contributed by atoms with Gasteiger partial charge in [-0.05, 0) is 38.0 Å². The van der Waals surface area contributed by atoms with Crippen LogP contribution in [0.15, 0.2) is 4.99 Å². The molecule has 1 heterocycles. The molecule has 1 saturated heterocycles. The molecule has 0 radical (unpaired) electrons. The number of nitrogens with one attached hydrogen (secondary N) is 4. The molecule has 0 aromatic carbocycles. The zero-order valence-electron chi connectivity index (χ0n) is 24.3. The average Bonchev–Trinajstić information content (AvgIpc) is 3.41. The molecule has 1 rings (SSSR count). The van der Waals surface area contributed by atoms with E-state index in [1.807, 2.05) is 0 Å². The third kappa shape index (κ3) is 13.8. The zero-order chi connectivity index (χ0) is 32.7. The van der Waals surface area contributed by atoms with Crippen molar-refractivity contribution in [3.8, 4) is 0 Å². The third-order valence-electron chi connectivity index (χ3n) is 6.37. The summed E-state index contributed by atoms with van der Waals surface area (Å²) >= 11 is 0. The summed E-state index contributed by atoms with van der Waals surface area (Å²) < 4.78 is 0. The van der Waals surface area contributed by atoms with Crippen LogP contribution < -0.4 is 38.5 Å². The molecule has 1 aliphatic rings. The first-order valence-corrected chi connectivity index (χ1v) is 13.8. The Balaban J connectivity index is 2.63. The van der Waals surface area contributed by atoms with Gasteiger partial charge in [0.15, 0.2) is 5.96 Å². The SMILES string of the molecule is CC(C)C[C@H](NC(=O)[C@@H](N)CC(=O)O)C(=O)NCC(=O)NCC(=O)N1CCC[C@H]1C(=O)N[C@@H](CCCN=C(N)N)C(=O)O. The van der Waals surface area contributed by atoms with Crippen LogP contribution in [0.3, 0.4) is 0 Å². The Hall–Kier alpha value is -4.48. The van der Waals surface area contributed by atoms with E-state index in [0.717, 1.165) is 0 Å². The molecular formula is C25H43N9O9. The van der Waals surface area contributed by atoms with Gasteiger partial charge >= 0.3 is 11.9 Å². The Morgan fingerprint density at radius 2 is 1.63 bits per heavy atom. The molecular weight excluding hydrogens is 570 g/mol. The minimum atomic E-state index is -1.36. The summed E-state index contributed by atoms with van der Waals surface area (Å²) in [6.07, 6.45) is 0.731. The van der Waals surface area contributed by atoms with Gasteiger partial charge in [-0.15, -0.1) is 0 Å². The zero-order valence-corrected chi connectivity index (χ0v) is 24.3. The number of amides is 5. The Morgan fingerprint density at radius 3 is 2.21 bits per heavy atom. The normalized spacial score (nSPS) is 16.4. The minimum Gasteiger partial charge on any atom is -0.481 e. The van der Waals surface area contributed by atoms with Gasteiger partial charge in [0.2, 0.25) is 29.5 Å². The van der Waals surface area contributed by atoms with E-state index in [0.29, 0.717) is 19.3 Å². The molecule has 0 saturated carbocycles. The molecule has 4 atom stereocenters. The highest BCUT2D eigenvalue weighted by Crippen LogP contribution is 2.18. The molecule has 12 N–H and O–H groups in total. The summed E-state index contributed by atoms with van der Waals surface area (Å²) in [7, 11) is 0. The number of carbonyl (C=O) groups excluding carboxylic acids is 5. The number of hydrogen-bond acceptors (Lipinski definition) is 9. The molecule has 0 bridgehead atoms. The quantitative estimate of drug-likeness (QED) is 0.0408. The van der Waals surface area contributed by atoms with Crippen LogP contribution in [0, 0.1) is 5.92 Å². The Labute approximate surface area is 248 Å². The van der Waals surface area contributed by atoms with Gasteiger partial charge in [-0.1, -0.05) is 13.8 Å². The molecule has 1 fully saturated rings. The monoisotopic (exact) mass is 613 g/mol. The molecule has 0 aliphatic carbocycles. The summed E-state index contributed by atoms with van der Waals surface area (Å²) in [4.78, 5) is 90.1. The molecule has 0 aromatic heterocycles. The number of nitrogens with zero attached hydrogens (tertiary/aromatic N) is 2. The van der Waals surface area contributed by atoms with Crippen LogP contribution in [0.4, 0.5) is 0 Å². The van der Waals surface area contributed by atoms with Crippen LogP contribution in [0.2, 0.25) is 0 Å². The molecule has 1 aliphatic heterocycles. The van der Waals surface area contributed by atoms with Gasteiger partial charge in [-0.3, -0.25) is 33.8 Å². The Bertz CT molecular complexity index is 1060. The molecule has 242 valence electrons. The number of hydrogen-bond donors (Lipinski definition) is 9. The van der Waals surface area contributed by atoms with Crippen molar-refractivity contribution in [1.82, 2.24) is 26.2 Å². The van der Waals surface area contributed by atoms with Gasteiger partial charge in [0.05, 0.1) is 25.6 Å². The number of nitrogens with two attached hydrogens (primary N) is 3. The second-order valence-electron chi connectivity index (χ2n) is 10.5. The van der Waals surface area contributed by atoms with Crippen LogP contribution in [0.1, 0.15) is 52.4 Å². The number of guanidine groups is 1. The number of likely N-dealkylation sites (tertiary alicyclic amines) is 1. The fourth-order valence-corrected chi connectivity index (χ4v) is 4.26. The van der Waals surface area contributed by atoms with Crippen LogP contribution in [-0.4, -0.2) is 113 Å². The second-order valence-corrected chi connectivity index (χ2v) is 10.5. The van der Waals surface area contributed by atoms with Crippen LogP contribution in [-0.2, 0) is 33.6 Å². The molecule has 43 heavy (non-hydrogen) atoms. The lowest BCUT2D eigenvalue weighted by Crippen LogP contribution is -2.54. The maximum atomic E-state index is 12.8. The molecule has 5 amide bonds. The number of rotatable bonds is 18. The molecule has 0 spiro atoms. The van der Waals surface area contributed by atoms with E-state index in [1.54, 1.807) is 13.8 Å². The predicted molar refractivity (Wildman–Crippen MR) is 152 cm³/mol. The van der Waals surface area contributed by atoms with E-state index in [1.165, 1.54) is 4.90 Å². The van der Waals surface area contributed by atoms with Crippen LogP contribution >= 0.6 is 0 Å². The van der Waals surface area contributed by atoms with Crippen molar-refractivity contribution in [2.45, 2.75) is 76.5 Å². The Morgan fingerprint density at radius 1 is 0.953 bits per heavy atom. The standard InChI is InChI=1S/C25H43N9O9/c1-13(2)9-16(33-21(39)14(26)10-20(37)38)22(40)31-11-18(35)30-12-19(36)34-8-4-6-17(34)23(41)32-15(24(42)43)5-3-7-29-25(27)28/h13-17H,3-12,26H2,1-2H3,(H,30,35)(H,31,40)(H,32,41)(H,33,39)(H,37,38)(H,42,43)(H4,27,28,29)/t14-,15-,16-,17-/m0/s1. The highest BCUT2D eigenvalue weighted by atomic mass is 16.4. The maximum absolute atomic E-state index is 12.8. The fraction of sp³-hybridized carbons (Fsp3) is 0.680. The van der Waals surface area contributed by atoms with E-state index in [4.69, 9.17) is 22.3 Å². The van der Waals surface area contributed by atoms with Crippen molar-refractivity contribution >= 4 is 47.4 Å². The first-order valence-electron chi connectivity index (χ1n) is 13.8. The van der Waals surface area contributed by atoms with Gasteiger partial charge in [0, 0.05) is 13.1 Å². The van der Waals surface area contributed by atoms with Crippen molar-refractivity contribution in [3.63, 3.8) is 0 Å². The average molecular weight is 614 g/mol. The van der Waals surface area contributed by atoms with Gasteiger partial charge < -0.3 is 53.6 Å². The number of aliphatic carboxylic acids is 2. The van der Waals surface area contributed by atoms with Crippen molar-refractivity contribution in [3.05, 3.63) is 0 Å². The van der Waals surface area contributed by atoms with E-state index in [9.17, 15) is 38.7 Å². The van der Waals surface area contributed by atoms with E-state index < -0.39 is 85.2 Å². The van der Waals surface area contributed by atoms with E-state index >= 15 is 0 Å². The topological polar surface area (TPSA) is 302 Å². The van der Waals surface area contributed by atoms with Gasteiger partial charge in [-0.2, -0.15) is 0 Å². The number of carboxylic acid groups (broad SMARTS) is 2. The van der Waals surface area contributed by atoms with Crippen molar-refractivity contribution < 1.29 is 43.8 Å². The molecule has 0 unspecified atom stereocenters. The Kier molecular flexibility index (Phi) is 15.4. The van der Waals surface area contributed by atoms with Crippen molar-refractivity contribution in [2.24, 2.45) is 28.1 Å². The van der Waals surface area contributed by atoms with Gasteiger partial charge in [0.1, 0.15) is 18.1 Å². The number of carbonyl (C=O) groups is 7. The molecule has 18 nitrogen and oxygen atoms in total. The van der Waals surface area contributed by atoms with E-state index in [-0.39, 0.29) is 37.8 Å². The van der Waals surface area contributed by atoms with Crippen LogP contribution in [0.5, 0.6) is 0 Å². The highest BCUT2D eigenvalue weighted by Gasteiger charge is 2.35. The summed E-state index contributed by atoms with van der Waals surface area (Å²) in [6, 6.07) is -4.57. The lowest BCUT2D eigenvalue weighted by molar-refractivity contribution is -0.144. The molecule has 18 heteroatoms. The highest BCUT2D eigenvalue weighted by molar-refractivity contribution is 5.94. The predicted octanol–water partition coefficient (Wildman–Crippen LogP) is -3.83. The largest absolute Gasteiger partial charge is 0.481 e. The summed E-state index contributed by atoms with van der Waals surface area (Å²) in [5.74, 6) is -6.16. The van der Waals surface area contributed by atoms with Crippen molar-refractivity contribution in [2.75, 3.05) is 26.2 Å². The summed E-state index contributed by atoms with van der Waals surface area (Å²) in [6.45, 7) is 3.00. The molecule has 0 aromatic rings. The lowest BCUT2D eigenvalue weighted by Gasteiger charge is -2.25. The first-order chi connectivity index (χ1) is 20.1. The third-order valence-corrected chi connectivity index (χ3v) is 6.37. The number of aliphatic imine (C=N–C) groups is 1. The summed E-state index contributed by atoms with van der Waals surface area (Å²) in [5, 5.41) is 27.8. The lowest BCUT2D eigenvalue weighted by atomic mass is 10.0. The maximum Gasteiger partial charge on any atom is 0.326 e. The van der Waals surface area contributed by atoms with Crippen molar-refractivity contribution in [1.29, 1.82) is 0 Å².